The van der Waals surface area contributed by atoms with E-state index in [9.17, 15) is 4.79 Å². The fraction of sp³-hybridized carbons (Fsp3) is 0.400. The van der Waals surface area contributed by atoms with E-state index in [0.717, 1.165) is 41.8 Å². The summed E-state index contributed by atoms with van der Waals surface area (Å²) in [5.41, 5.74) is 8.92. The number of carbonyl (C=O) groups is 1. The Bertz CT molecular complexity index is 947. The zero-order chi connectivity index (χ0) is 19.0. The quantitative estimate of drug-likeness (QED) is 0.741. The van der Waals surface area contributed by atoms with Gasteiger partial charge >= 0.3 is 0 Å². The van der Waals surface area contributed by atoms with Crippen LogP contribution in [0.4, 0.5) is 5.95 Å². The number of nitrogen functional groups attached to an aromatic ring is 1. The summed E-state index contributed by atoms with van der Waals surface area (Å²) in [6.45, 7) is 4.90. The fourth-order valence-electron chi connectivity index (χ4n) is 3.72. The number of nitrogens with zero attached hydrogens (tertiary/aromatic N) is 4. The number of benzene rings is 1. The van der Waals surface area contributed by atoms with E-state index in [-0.39, 0.29) is 17.9 Å². The zero-order valence-corrected chi connectivity index (χ0v) is 15.6. The molecule has 2 aromatic heterocycles. The van der Waals surface area contributed by atoms with Gasteiger partial charge in [0.25, 0.3) is 5.91 Å². The van der Waals surface area contributed by atoms with Crippen molar-refractivity contribution in [1.29, 1.82) is 0 Å². The van der Waals surface area contributed by atoms with Crippen molar-refractivity contribution in [3.63, 3.8) is 0 Å². The molecule has 3 N–H and O–H groups in total. The molecule has 1 aliphatic heterocycles. The van der Waals surface area contributed by atoms with Crippen LogP contribution < -0.4 is 5.73 Å². The molecular formula is C20H24N6O. The molecule has 0 spiro atoms. The summed E-state index contributed by atoms with van der Waals surface area (Å²) in [7, 11) is 0. The third kappa shape index (κ3) is 3.49. The molecule has 1 amide bonds. The van der Waals surface area contributed by atoms with Crippen LogP contribution in [-0.4, -0.2) is 37.3 Å². The normalized spacial score (nSPS) is 17.1. The van der Waals surface area contributed by atoms with E-state index < -0.39 is 0 Å². The molecule has 0 aliphatic carbocycles. The highest BCUT2D eigenvalue weighted by atomic mass is 16.2. The summed E-state index contributed by atoms with van der Waals surface area (Å²) in [6, 6.07) is 9.60. The van der Waals surface area contributed by atoms with Crippen LogP contribution in [0.3, 0.4) is 0 Å². The van der Waals surface area contributed by atoms with Crippen molar-refractivity contribution in [3.05, 3.63) is 47.5 Å². The summed E-state index contributed by atoms with van der Waals surface area (Å²) < 4.78 is 0. The fourth-order valence-corrected chi connectivity index (χ4v) is 3.72. The molecule has 1 aromatic carbocycles. The molecule has 1 unspecified atom stereocenters. The van der Waals surface area contributed by atoms with Crippen LogP contribution in [0.15, 0.2) is 30.3 Å². The molecule has 0 radical (unpaired) electrons. The molecule has 7 nitrogen and oxygen atoms in total. The van der Waals surface area contributed by atoms with Gasteiger partial charge in [-0.15, -0.1) is 0 Å². The van der Waals surface area contributed by atoms with E-state index in [4.69, 9.17) is 5.73 Å². The van der Waals surface area contributed by atoms with Gasteiger partial charge in [-0.3, -0.25) is 4.79 Å². The molecule has 1 fully saturated rings. The average molecular weight is 364 g/mol. The van der Waals surface area contributed by atoms with Crippen LogP contribution in [0.5, 0.6) is 0 Å². The van der Waals surface area contributed by atoms with E-state index in [0.29, 0.717) is 18.2 Å². The number of hydrogen-bond donors (Lipinski definition) is 2. The summed E-state index contributed by atoms with van der Waals surface area (Å²) in [5, 5.41) is 0. The highest BCUT2D eigenvalue weighted by molar-refractivity contribution is 5.93. The molecule has 7 heteroatoms. The number of anilines is 1. The lowest BCUT2D eigenvalue weighted by Gasteiger charge is -2.23. The van der Waals surface area contributed by atoms with Crippen molar-refractivity contribution >= 4 is 22.9 Å². The maximum atomic E-state index is 13.2. The van der Waals surface area contributed by atoms with E-state index in [2.05, 4.69) is 33.8 Å². The third-order valence-electron chi connectivity index (χ3n) is 4.87. The number of amides is 1. The summed E-state index contributed by atoms with van der Waals surface area (Å²) in [5.74, 6) is 1.29. The van der Waals surface area contributed by atoms with Crippen LogP contribution in [0.25, 0.3) is 11.0 Å². The topological polar surface area (TPSA) is 101 Å². The van der Waals surface area contributed by atoms with Gasteiger partial charge < -0.3 is 15.6 Å². The Morgan fingerprint density at radius 3 is 2.89 bits per heavy atom. The van der Waals surface area contributed by atoms with Crippen LogP contribution in [0, 0.1) is 5.92 Å². The van der Waals surface area contributed by atoms with Crippen LogP contribution in [0.2, 0.25) is 0 Å². The molecule has 1 atom stereocenters. The minimum atomic E-state index is -0.114. The molecule has 27 heavy (non-hydrogen) atoms. The number of aromatic nitrogens is 4. The molecule has 1 aliphatic rings. The first-order chi connectivity index (χ1) is 13.0. The molecule has 0 saturated carbocycles. The Balaban J connectivity index is 1.63. The largest absolute Gasteiger partial charge is 0.368 e. The van der Waals surface area contributed by atoms with Crippen molar-refractivity contribution < 1.29 is 4.79 Å². The van der Waals surface area contributed by atoms with Gasteiger partial charge in [-0.25, -0.2) is 15.0 Å². The third-order valence-corrected chi connectivity index (χ3v) is 4.87. The van der Waals surface area contributed by atoms with Crippen LogP contribution in [0.1, 0.15) is 54.7 Å². The van der Waals surface area contributed by atoms with E-state index in [1.165, 1.54) is 0 Å². The molecule has 3 heterocycles. The maximum absolute atomic E-state index is 13.2. The van der Waals surface area contributed by atoms with Gasteiger partial charge in [0.15, 0.2) is 0 Å². The van der Waals surface area contributed by atoms with Crippen molar-refractivity contribution in [2.24, 2.45) is 5.92 Å². The number of aromatic amines is 1. The number of nitrogens with two attached hydrogens (primary N) is 1. The highest BCUT2D eigenvalue weighted by Crippen LogP contribution is 2.32. The lowest BCUT2D eigenvalue weighted by molar-refractivity contribution is 0.0724. The number of H-pyrrole nitrogens is 1. The monoisotopic (exact) mass is 364 g/mol. The van der Waals surface area contributed by atoms with E-state index in [1.54, 1.807) is 6.07 Å². The average Bonchev–Trinajstić information content (AvgIpc) is 3.26. The zero-order valence-electron chi connectivity index (χ0n) is 15.6. The number of fused-ring (bicyclic) bond motifs is 1. The Hall–Kier alpha value is -2.96. The lowest BCUT2D eigenvalue weighted by Crippen LogP contribution is -2.32. The number of likely N-dealkylation sites (tertiary alicyclic amines) is 1. The summed E-state index contributed by atoms with van der Waals surface area (Å²) in [6.07, 6.45) is 2.58. The minimum absolute atomic E-state index is 0.0744. The van der Waals surface area contributed by atoms with Crippen molar-refractivity contribution in [2.75, 3.05) is 12.3 Å². The van der Waals surface area contributed by atoms with Crippen molar-refractivity contribution in [3.8, 4) is 0 Å². The molecule has 3 aromatic rings. The lowest BCUT2D eigenvalue weighted by atomic mass is 10.1. The first-order valence-corrected chi connectivity index (χ1v) is 9.40. The van der Waals surface area contributed by atoms with E-state index >= 15 is 0 Å². The van der Waals surface area contributed by atoms with Crippen LogP contribution in [-0.2, 0) is 6.42 Å². The number of nitrogens with one attached hydrogen (secondary N) is 1. The second kappa shape index (κ2) is 6.98. The Kier molecular flexibility index (Phi) is 4.51. The number of rotatable bonds is 4. The van der Waals surface area contributed by atoms with Gasteiger partial charge in [-0.2, -0.15) is 0 Å². The van der Waals surface area contributed by atoms with Crippen molar-refractivity contribution in [2.45, 2.75) is 39.2 Å². The highest BCUT2D eigenvalue weighted by Gasteiger charge is 2.33. The number of hydrogen-bond acceptors (Lipinski definition) is 5. The summed E-state index contributed by atoms with van der Waals surface area (Å²) in [4.78, 5) is 31.5. The Morgan fingerprint density at radius 1 is 1.30 bits per heavy atom. The molecule has 0 bridgehead atoms. The van der Waals surface area contributed by atoms with Gasteiger partial charge in [0.05, 0.1) is 17.1 Å². The predicted octanol–water partition coefficient (Wildman–Crippen LogP) is 3.11. The smallest absolute Gasteiger partial charge is 0.273 e. The Labute approximate surface area is 158 Å². The Morgan fingerprint density at radius 2 is 2.11 bits per heavy atom. The standard InChI is InChI=1S/C20H24N6O/c1-12(2)10-13-11-16(25-20(21)22-13)19(27)26-9-5-8-17(26)18-23-14-6-3-4-7-15(14)24-18/h3-4,6-7,11-12,17H,5,8-10H2,1-2H3,(H,23,24)(H2,21,22,25). The second-order valence-electron chi connectivity index (χ2n) is 7.50. The first kappa shape index (κ1) is 17.5. The minimum Gasteiger partial charge on any atom is -0.368 e. The van der Waals surface area contributed by atoms with Crippen molar-refractivity contribution in [1.82, 2.24) is 24.8 Å². The van der Waals surface area contributed by atoms with Gasteiger partial charge in [-0.1, -0.05) is 26.0 Å². The molecule has 4 rings (SSSR count). The van der Waals surface area contributed by atoms with Gasteiger partial charge in [0, 0.05) is 12.2 Å². The SMILES string of the molecule is CC(C)Cc1cc(C(=O)N2CCCC2c2nc3ccccc3[nH]2)nc(N)n1. The van der Waals surface area contributed by atoms with E-state index in [1.807, 2.05) is 29.2 Å². The predicted molar refractivity (Wildman–Crippen MR) is 104 cm³/mol. The summed E-state index contributed by atoms with van der Waals surface area (Å²) >= 11 is 0. The molecule has 1 saturated heterocycles. The maximum Gasteiger partial charge on any atom is 0.273 e. The number of imidazole rings is 1. The van der Waals surface area contributed by atoms with Gasteiger partial charge in [-0.05, 0) is 43.4 Å². The molecule has 140 valence electrons. The number of carbonyl (C=O) groups excluding carboxylic acids is 1. The second-order valence-corrected chi connectivity index (χ2v) is 7.50. The van der Waals surface area contributed by atoms with Gasteiger partial charge in [0.1, 0.15) is 11.5 Å². The van der Waals surface area contributed by atoms with Gasteiger partial charge in [0.2, 0.25) is 5.95 Å². The van der Waals surface area contributed by atoms with Crippen LogP contribution >= 0.6 is 0 Å². The number of para-hydroxylation sites is 2. The molecular weight excluding hydrogens is 340 g/mol. The first-order valence-electron chi connectivity index (χ1n) is 9.40.